The lowest BCUT2D eigenvalue weighted by atomic mass is 9.93. The van der Waals surface area contributed by atoms with Crippen LogP contribution in [0.1, 0.15) is 30.0 Å². The van der Waals surface area contributed by atoms with Gasteiger partial charge in [0.1, 0.15) is 18.1 Å². The van der Waals surface area contributed by atoms with Gasteiger partial charge in [-0.25, -0.2) is 0 Å². The molecular weight excluding hydrogens is 388 g/mol. The number of benzene rings is 1. The second-order valence-electron chi connectivity index (χ2n) is 8.44. The van der Waals surface area contributed by atoms with Crippen molar-refractivity contribution in [1.82, 2.24) is 19.7 Å². The standard InChI is InChI=1S/C25H28N4O2/c1-28-15-22(13-27-28)19-5-7-24(26-12-19)20-4-3-9-29(16-20)14-18-10-21-11-23(30-2)6-8-25(21)31-17-18/h5-8,10-13,15,20H,3-4,9,14,16-17H2,1-2H3/t20-/m1/s1. The Morgan fingerprint density at radius 1 is 1.16 bits per heavy atom. The summed E-state index contributed by atoms with van der Waals surface area (Å²) in [6.07, 6.45) is 10.5. The number of hydrogen-bond acceptors (Lipinski definition) is 5. The minimum absolute atomic E-state index is 0.467. The number of ether oxygens (including phenoxy) is 2. The summed E-state index contributed by atoms with van der Waals surface area (Å²) in [4.78, 5) is 7.33. The van der Waals surface area contributed by atoms with E-state index in [1.807, 2.05) is 48.5 Å². The van der Waals surface area contributed by atoms with Gasteiger partial charge in [-0.05, 0) is 55.3 Å². The quantitative estimate of drug-likeness (QED) is 0.626. The van der Waals surface area contributed by atoms with E-state index in [0.29, 0.717) is 12.5 Å². The van der Waals surface area contributed by atoms with Gasteiger partial charge in [0.2, 0.25) is 0 Å². The van der Waals surface area contributed by atoms with Crippen molar-refractivity contribution in [3.63, 3.8) is 0 Å². The van der Waals surface area contributed by atoms with Gasteiger partial charge in [-0.15, -0.1) is 0 Å². The molecule has 0 unspecified atom stereocenters. The van der Waals surface area contributed by atoms with Gasteiger partial charge in [0.05, 0.1) is 13.3 Å². The smallest absolute Gasteiger partial charge is 0.127 e. The van der Waals surface area contributed by atoms with E-state index in [-0.39, 0.29) is 0 Å². The van der Waals surface area contributed by atoms with E-state index in [9.17, 15) is 0 Å². The molecule has 0 amide bonds. The summed E-state index contributed by atoms with van der Waals surface area (Å²) in [6.45, 7) is 3.73. The minimum Gasteiger partial charge on any atom is -0.497 e. The molecule has 160 valence electrons. The number of piperidine rings is 1. The predicted octanol–water partition coefficient (Wildman–Crippen LogP) is 4.15. The zero-order valence-electron chi connectivity index (χ0n) is 18.1. The lowest BCUT2D eigenvalue weighted by molar-refractivity contribution is 0.213. The number of hydrogen-bond donors (Lipinski definition) is 0. The maximum Gasteiger partial charge on any atom is 0.127 e. The molecule has 1 atom stereocenters. The van der Waals surface area contributed by atoms with Gasteiger partial charge in [-0.2, -0.15) is 5.10 Å². The summed E-state index contributed by atoms with van der Waals surface area (Å²) >= 11 is 0. The van der Waals surface area contributed by atoms with Crippen LogP contribution in [0.2, 0.25) is 0 Å². The van der Waals surface area contributed by atoms with Crippen molar-refractivity contribution in [2.24, 2.45) is 7.05 Å². The van der Waals surface area contributed by atoms with Crippen LogP contribution >= 0.6 is 0 Å². The van der Waals surface area contributed by atoms with E-state index < -0.39 is 0 Å². The number of aromatic nitrogens is 3. The maximum atomic E-state index is 5.98. The van der Waals surface area contributed by atoms with E-state index in [4.69, 9.17) is 14.5 Å². The van der Waals surface area contributed by atoms with Gasteiger partial charge in [-0.1, -0.05) is 6.07 Å². The molecule has 3 aromatic rings. The molecule has 2 aliphatic heterocycles. The van der Waals surface area contributed by atoms with E-state index in [1.54, 1.807) is 7.11 Å². The molecule has 0 spiro atoms. The Kier molecular flexibility index (Phi) is 5.47. The molecule has 2 aliphatic rings. The van der Waals surface area contributed by atoms with Crippen molar-refractivity contribution in [2.45, 2.75) is 18.8 Å². The summed E-state index contributed by atoms with van der Waals surface area (Å²) in [5.41, 5.74) is 5.81. The molecule has 4 heterocycles. The monoisotopic (exact) mass is 416 g/mol. The molecule has 31 heavy (non-hydrogen) atoms. The fourth-order valence-corrected chi connectivity index (χ4v) is 4.54. The Balaban J connectivity index is 1.26. The molecule has 0 bridgehead atoms. The van der Waals surface area contributed by atoms with Crippen LogP contribution in [0.3, 0.4) is 0 Å². The van der Waals surface area contributed by atoms with Gasteiger partial charge >= 0.3 is 0 Å². The summed E-state index contributed by atoms with van der Waals surface area (Å²) in [7, 11) is 3.63. The van der Waals surface area contributed by atoms with Crippen LogP contribution in [0.5, 0.6) is 11.5 Å². The SMILES string of the molecule is COc1ccc2c(c1)C=C(CN1CCC[C@@H](c3ccc(-c4cnn(C)c4)cn3)C1)CO2. The maximum absolute atomic E-state index is 5.98. The number of pyridine rings is 1. The number of nitrogens with zero attached hydrogens (tertiary/aromatic N) is 4. The third-order valence-electron chi connectivity index (χ3n) is 6.16. The summed E-state index contributed by atoms with van der Waals surface area (Å²) in [6, 6.07) is 10.3. The first-order valence-electron chi connectivity index (χ1n) is 10.9. The van der Waals surface area contributed by atoms with Gasteiger partial charge in [0.15, 0.2) is 0 Å². The summed E-state index contributed by atoms with van der Waals surface area (Å²) in [5, 5.41) is 4.25. The second-order valence-corrected chi connectivity index (χ2v) is 8.44. The third-order valence-corrected chi connectivity index (χ3v) is 6.16. The normalized spacial score (nSPS) is 18.8. The number of aryl methyl sites for hydroxylation is 1. The fourth-order valence-electron chi connectivity index (χ4n) is 4.54. The number of fused-ring (bicyclic) bond motifs is 1. The molecule has 6 heteroatoms. The molecule has 0 aliphatic carbocycles. The van der Waals surface area contributed by atoms with Gasteiger partial charge in [0.25, 0.3) is 0 Å². The molecule has 1 fully saturated rings. The van der Waals surface area contributed by atoms with Crippen LogP contribution in [0, 0.1) is 0 Å². The lowest BCUT2D eigenvalue weighted by Gasteiger charge is -2.33. The molecular formula is C25H28N4O2. The van der Waals surface area contributed by atoms with Crippen molar-refractivity contribution >= 4 is 6.08 Å². The molecule has 6 nitrogen and oxygen atoms in total. The second kappa shape index (κ2) is 8.55. The van der Waals surface area contributed by atoms with Crippen molar-refractivity contribution in [3.8, 4) is 22.6 Å². The van der Waals surface area contributed by atoms with E-state index >= 15 is 0 Å². The zero-order chi connectivity index (χ0) is 21.2. The van der Waals surface area contributed by atoms with Crippen molar-refractivity contribution in [2.75, 3.05) is 33.4 Å². The number of likely N-dealkylation sites (tertiary alicyclic amines) is 1. The highest BCUT2D eigenvalue weighted by Gasteiger charge is 2.24. The first-order chi connectivity index (χ1) is 15.2. The first kappa shape index (κ1) is 19.8. The molecule has 0 radical (unpaired) electrons. The Morgan fingerprint density at radius 2 is 2.10 bits per heavy atom. The van der Waals surface area contributed by atoms with Gasteiger partial charge in [0, 0.05) is 60.8 Å². The Morgan fingerprint density at radius 3 is 2.87 bits per heavy atom. The summed E-state index contributed by atoms with van der Waals surface area (Å²) in [5.74, 6) is 2.26. The van der Waals surface area contributed by atoms with Crippen molar-refractivity contribution < 1.29 is 9.47 Å². The summed E-state index contributed by atoms with van der Waals surface area (Å²) < 4.78 is 13.2. The Bertz CT molecular complexity index is 1090. The fraction of sp³-hybridized carbons (Fsp3) is 0.360. The van der Waals surface area contributed by atoms with Crippen LogP contribution in [0.25, 0.3) is 17.2 Å². The Hall–Kier alpha value is -3.12. The van der Waals surface area contributed by atoms with E-state index in [1.165, 1.54) is 24.1 Å². The number of methoxy groups -OCH3 is 1. The number of rotatable bonds is 5. The lowest BCUT2D eigenvalue weighted by Crippen LogP contribution is -2.37. The molecule has 1 aromatic carbocycles. The van der Waals surface area contributed by atoms with Crippen LogP contribution < -0.4 is 9.47 Å². The van der Waals surface area contributed by atoms with Gasteiger partial charge < -0.3 is 9.47 Å². The van der Waals surface area contributed by atoms with Crippen molar-refractivity contribution in [3.05, 3.63) is 65.8 Å². The third kappa shape index (κ3) is 4.35. The largest absolute Gasteiger partial charge is 0.497 e. The van der Waals surface area contributed by atoms with Crippen LogP contribution in [0.4, 0.5) is 0 Å². The van der Waals surface area contributed by atoms with Crippen LogP contribution in [-0.4, -0.2) is 53.0 Å². The molecule has 2 aromatic heterocycles. The average Bonchev–Trinajstić information content (AvgIpc) is 3.25. The van der Waals surface area contributed by atoms with Crippen LogP contribution in [0.15, 0.2) is 54.5 Å². The molecule has 5 rings (SSSR count). The molecule has 0 saturated carbocycles. The van der Waals surface area contributed by atoms with Crippen molar-refractivity contribution in [1.29, 1.82) is 0 Å². The highest BCUT2D eigenvalue weighted by atomic mass is 16.5. The molecule has 1 saturated heterocycles. The highest BCUT2D eigenvalue weighted by Crippen LogP contribution is 2.32. The average molecular weight is 417 g/mol. The van der Waals surface area contributed by atoms with E-state index in [2.05, 4.69) is 28.2 Å². The van der Waals surface area contributed by atoms with E-state index in [0.717, 1.165) is 47.8 Å². The topological polar surface area (TPSA) is 52.4 Å². The first-order valence-corrected chi connectivity index (χ1v) is 10.9. The predicted molar refractivity (Wildman–Crippen MR) is 121 cm³/mol. The minimum atomic E-state index is 0.467. The highest BCUT2D eigenvalue weighted by molar-refractivity contribution is 5.64. The zero-order valence-corrected chi connectivity index (χ0v) is 18.1. The molecule has 0 N–H and O–H groups in total. The Labute approximate surface area is 183 Å². The van der Waals surface area contributed by atoms with Crippen LogP contribution in [-0.2, 0) is 7.05 Å². The van der Waals surface area contributed by atoms with Gasteiger partial charge in [-0.3, -0.25) is 14.6 Å².